The average molecular weight is 412 g/mol. The van der Waals surface area contributed by atoms with Gasteiger partial charge in [-0.1, -0.05) is 30.3 Å². The molecule has 1 atom stereocenters. The molecule has 0 radical (unpaired) electrons. The van der Waals surface area contributed by atoms with Gasteiger partial charge in [-0.3, -0.25) is 4.79 Å². The molecule has 30 heavy (non-hydrogen) atoms. The number of amides is 2. The number of rotatable bonds is 4. The largest absolute Gasteiger partial charge is 0.489 e. The number of alkyl carbamates (subject to hydrolysis) is 1. The van der Waals surface area contributed by atoms with E-state index in [0.717, 1.165) is 5.56 Å². The third-order valence-electron chi connectivity index (χ3n) is 4.10. The van der Waals surface area contributed by atoms with Gasteiger partial charge in [0.05, 0.1) is 11.3 Å². The molecule has 1 aliphatic rings. The zero-order valence-electron chi connectivity index (χ0n) is 17.1. The molecule has 1 heterocycles. The first-order chi connectivity index (χ1) is 14.2. The highest BCUT2D eigenvalue weighted by atomic mass is 16.6. The zero-order valence-corrected chi connectivity index (χ0v) is 17.1. The van der Waals surface area contributed by atoms with E-state index in [4.69, 9.17) is 14.2 Å². The minimum absolute atomic E-state index is 0.111. The molecule has 0 aliphatic carbocycles. The van der Waals surface area contributed by atoms with Crippen molar-refractivity contribution >= 4 is 23.7 Å². The first kappa shape index (κ1) is 21.2. The number of fused-ring (bicyclic) bond motifs is 1. The Labute approximate surface area is 174 Å². The highest BCUT2D eigenvalue weighted by Gasteiger charge is 2.28. The Morgan fingerprint density at radius 1 is 1.17 bits per heavy atom. The van der Waals surface area contributed by atoms with E-state index in [1.165, 1.54) is 12.1 Å². The lowest BCUT2D eigenvalue weighted by Crippen LogP contribution is -2.48. The van der Waals surface area contributed by atoms with Crippen LogP contribution < -0.4 is 15.4 Å². The van der Waals surface area contributed by atoms with Gasteiger partial charge in [0, 0.05) is 0 Å². The van der Waals surface area contributed by atoms with Gasteiger partial charge < -0.3 is 24.8 Å². The number of hydrogen-bond acceptors (Lipinski definition) is 6. The summed E-state index contributed by atoms with van der Waals surface area (Å²) in [6.45, 7) is 5.22. The summed E-state index contributed by atoms with van der Waals surface area (Å²) in [5.74, 6) is -0.644. The number of ether oxygens (including phenoxy) is 3. The van der Waals surface area contributed by atoms with Gasteiger partial charge in [-0.2, -0.15) is 0 Å². The Morgan fingerprint density at radius 3 is 2.60 bits per heavy atom. The van der Waals surface area contributed by atoms with E-state index in [9.17, 15) is 14.4 Å². The molecule has 1 aliphatic heterocycles. The third kappa shape index (κ3) is 5.73. The molecule has 0 bridgehead atoms. The number of carbonyl (C=O) groups excluding carboxylic acids is 3. The van der Waals surface area contributed by atoms with Crippen LogP contribution in [0, 0.1) is 0 Å². The molecule has 0 spiro atoms. The maximum Gasteiger partial charge on any atom is 0.408 e. The van der Waals surface area contributed by atoms with Crippen LogP contribution >= 0.6 is 0 Å². The van der Waals surface area contributed by atoms with E-state index in [1.807, 2.05) is 30.3 Å². The lowest BCUT2D eigenvalue weighted by molar-refractivity contribution is -0.118. The monoisotopic (exact) mass is 412 g/mol. The van der Waals surface area contributed by atoms with Crippen LogP contribution in [0.4, 0.5) is 10.5 Å². The first-order valence-corrected chi connectivity index (χ1v) is 9.49. The predicted molar refractivity (Wildman–Crippen MR) is 109 cm³/mol. The zero-order chi connectivity index (χ0) is 21.7. The second kappa shape index (κ2) is 8.86. The SMILES string of the molecule is CC(C)(C)OC(=O)N[C@H]1COc2cc(C(=O)OCc3ccccc3)ccc2NC1=O. The van der Waals surface area contributed by atoms with Crippen molar-refractivity contribution < 1.29 is 28.6 Å². The maximum atomic E-state index is 12.4. The van der Waals surface area contributed by atoms with E-state index >= 15 is 0 Å². The van der Waals surface area contributed by atoms with Crippen LogP contribution in [0.15, 0.2) is 48.5 Å². The molecule has 3 rings (SSSR count). The third-order valence-corrected chi connectivity index (χ3v) is 4.10. The minimum Gasteiger partial charge on any atom is -0.489 e. The number of benzene rings is 2. The van der Waals surface area contributed by atoms with Crippen molar-refractivity contribution in [1.29, 1.82) is 0 Å². The smallest absolute Gasteiger partial charge is 0.408 e. The second-order valence-corrected chi connectivity index (χ2v) is 7.77. The number of carbonyl (C=O) groups is 3. The van der Waals surface area contributed by atoms with Crippen molar-refractivity contribution in [2.75, 3.05) is 11.9 Å². The normalized spacial score (nSPS) is 15.7. The van der Waals surface area contributed by atoms with Crippen LogP contribution in [0.3, 0.4) is 0 Å². The summed E-state index contributed by atoms with van der Waals surface area (Å²) in [7, 11) is 0. The molecule has 0 unspecified atom stereocenters. The van der Waals surface area contributed by atoms with Crippen LogP contribution in [-0.2, 0) is 20.9 Å². The summed E-state index contributed by atoms with van der Waals surface area (Å²) in [6.07, 6.45) is -0.720. The van der Waals surface area contributed by atoms with Crippen LogP contribution in [0.1, 0.15) is 36.7 Å². The van der Waals surface area contributed by atoms with Gasteiger partial charge in [-0.15, -0.1) is 0 Å². The Morgan fingerprint density at radius 2 is 1.90 bits per heavy atom. The van der Waals surface area contributed by atoms with Crippen LogP contribution in [0.2, 0.25) is 0 Å². The molecule has 2 aromatic rings. The molecule has 8 nitrogen and oxygen atoms in total. The van der Waals surface area contributed by atoms with Crippen LogP contribution in [0.25, 0.3) is 0 Å². The number of nitrogens with one attached hydrogen (secondary N) is 2. The van der Waals surface area contributed by atoms with Crippen molar-refractivity contribution in [3.63, 3.8) is 0 Å². The minimum atomic E-state index is -0.944. The molecular formula is C22H24N2O6. The average Bonchev–Trinajstić information content (AvgIpc) is 2.84. The molecule has 8 heteroatoms. The number of hydrogen-bond donors (Lipinski definition) is 2. The maximum absolute atomic E-state index is 12.4. The van der Waals surface area contributed by atoms with E-state index in [1.54, 1.807) is 26.8 Å². The van der Waals surface area contributed by atoms with Gasteiger partial charge in [0.1, 0.15) is 30.6 Å². The van der Waals surface area contributed by atoms with Gasteiger partial charge in [-0.25, -0.2) is 9.59 Å². The Hall–Kier alpha value is -3.55. The standard InChI is InChI=1S/C22H24N2O6/c1-22(2,3)30-21(27)24-17-13-28-18-11-15(9-10-16(18)23-19(17)25)20(26)29-12-14-7-5-4-6-8-14/h4-11,17H,12-13H2,1-3H3,(H,23,25)(H,24,27)/t17-/m0/s1. The van der Waals surface area contributed by atoms with E-state index in [0.29, 0.717) is 11.4 Å². The van der Waals surface area contributed by atoms with Gasteiger partial charge >= 0.3 is 12.1 Å². The Kier molecular flexibility index (Phi) is 6.25. The first-order valence-electron chi connectivity index (χ1n) is 9.49. The van der Waals surface area contributed by atoms with Gasteiger partial charge in [0.2, 0.25) is 0 Å². The lowest BCUT2D eigenvalue weighted by atomic mass is 10.2. The Balaban J connectivity index is 1.64. The van der Waals surface area contributed by atoms with Crippen molar-refractivity contribution in [2.45, 2.75) is 39.0 Å². The molecule has 2 aromatic carbocycles. The molecule has 2 amide bonds. The second-order valence-electron chi connectivity index (χ2n) is 7.77. The van der Waals surface area contributed by atoms with Gasteiger partial charge in [0.15, 0.2) is 0 Å². The van der Waals surface area contributed by atoms with Gasteiger partial charge in [0.25, 0.3) is 5.91 Å². The van der Waals surface area contributed by atoms with E-state index in [2.05, 4.69) is 10.6 Å². The Bertz CT molecular complexity index is 936. The molecule has 0 fully saturated rings. The quantitative estimate of drug-likeness (QED) is 0.747. The molecule has 0 aromatic heterocycles. The van der Waals surface area contributed by atoms with E-state index < -0.39 is 29.6 Å². The van der Waals surface area contributed by atoms with Crippen LogP contribution in [0.5, 0.6) is 5.75 Å². The summed E-state index contributed by atoms with van der Waals surface area (Å²) in [6, 6.07) is 13.0. The predicted octanol–water partition coefficient (Wildman–Crippen LogP) is 3.27. The number of anilines is 1. The summed E-state index contributed by atoms with van der Waals surface area (Å²) < 4.78 is 16.2. The highest BCUT2D eigenvalue weighted by molar-refractivity contribution is 5.99. The molecule has 2 N–H and O–H groups in total. The van der Waals surface area contributed by atoms with Gasteiger partial charge in [-0.05, 0) is 44.5 Å². The fourth-order valence-electron chi connectivity index (χ4n) is 2.70. The molecular weight excluding hydrogens is 388 g/mol. The number of esters is 1. The fraction of sp³-hybridized carbons (Fsp3) is 0.318. The van der Waals surface area contributed by atoms with E-state index in [-0.39, 0.29) is 18.8 Å². The molecule has 158 valence electrons. The topological polar surface area (TPSA) is 103 Å². The summed E-state index contributed by atoms with van der Waals surface area (Å²) in [5.41, 5.74) is 0.871. The van der Waals surface area contributed by atoms with Crippen LogP contribution in [-0.4, -0.2) is 36.2 Å². The fourth-order valence-corrected chi connectivity index (χ4v) is 2.70. The molecule has 0 saturated heterocycles. The molecule has 0 saturated carbocycles. The van der Waals surface area contributed by atoms with Crippen molar-refractivity contribution in [3.05, 3.63) is 59.7 Å². The van der Waals surface area contributed by atoms with Crippen molar-refractivity contribution in [1.82, 2.24) is 5.32 Å². The summed E-state index contributed by atoms with van der Waals surface area (Å²) in [5, 5.41) is 5.16. The lowest BCUT2D eigenvalue weighted by Gasteiger charge is -2.22. The highest BCUT2D eigenvalue weighted by Crippen LogP contribution is 2.28. The van der Waals surface area contributed by atoms with Crippen molar-refractivity contribution in [2.24, 2.45) is 0 Å². The van der Waals surface area contributed by atoms with Crippen molar-refractivity contribution in [3.8, 4) is 5.75 Å². The summed E-state index contributed by atoms with van der Waals surface area (Å²) >= 11 is 0. The summed E-state index contributed by atoms with van der Waals surface area (Å²) in [4.78, 5) is 36.7.